The highest BCUT2D eigenvalue weighted by Gasteiger charge is 2.26. The van der Waals surface area contributed by atoms with Gasteiger partial charge in [0, 0.05) is 44.6 Å². The van der Waals surface area contributed by atoms with Crippen LogP contribution in [0.1, 0.15) is 31.4 Å². The van der Waals surface area contributed by atoms with Crippen LogP contribution in [-0.4, -0.2) is 49.8 Å². The lowest BCUT2D eigenvalue weighted by molar-refractivity contribution is -0.124. The molecule has 0 bridgehead atoms. The number of carbonyl (C=O) groups excluding carboxylic acids is 1. The molecule has 2 aliphatic heterocycles. The molecule has 0 radical (unpaired) electrons. The Morgan fingerprint density at radius 3 is 2.72 bits per heavy atom. The minimum atomic E-state index is -0.422. The summed E-state index contributed by atoms with van der Waals surface area (Å²) in [5.74, 6) is 0.191. The highest BCUT2D eigenvalue weighted by Crippen LogP contribution is 2.24. The number of halogens is 2. The van der Waals surface area contributed by atoms with Crippen molar-refractivity contribution in [2.45, 2.75) is 38.1 Å². The van der Waals surface area contributed by atoms with Gasteiger partial charge in [0.2, 0.25) is 5.91 Å². The van der Waals surface area contributed by atoms with E-state index >= 15 is 0 Å². The number of ether oxygens (including phenoxy) is 1. The van der Waals surface area contributed by atoms with E-state index in [1.54, 1.807) is 11.3 Å². The van der Waals surface area contributed by atoms with Gasteiger partial charge >= 0.3 is 0 Å². The molecule has 1 unspecified atom stereocenters. The van der Waals surface area contributed by atoms with E-state index < -0.39 is 6.04 Å². The topological polar surface area (TPSA) is 80.5 Å². The van der Waals surface area contributed by atoms with E-state index in [4.69, 9.17) is 10.5 Å². The fourth-order valence-corrected chi connectivity index (χ4v) is 4.10. The van der Waals surface area contributed by atoms with Gasteiger partial charge < -0.3 is 20.7 Å². The van der Waals surface area contributed by atoms with Crippen LogP contribution < -0.4 is 16.0 Å². The van der Waals surface area contributed by atoms with Crippen LogP contribution in [0.15, 0.2) is 5.38 Å². The number of nitrogens with one attached hydrogen (secondary N) is 1. The third-order valence-electron chi connectivity index (χ3n) is 4.67. The Kier molecular flexibility index (Phi) is 10.0. The van der Waals surface area contributed by atoms with Gasteiger partial charge in [-0.15, -0.1) is 36.2 Å². The summed E-state index contributed by atoms with van der Waals surface area (Å²) in [7, 11) is 0. The maximum Gasteiger partial charge on any atom is 0.237 e. The number of carbonyl (C=O) groups is 1. The van der Waals surface area contributed by atoms with Crippen molar-refractivity contribution in [1.29, 1.82) is 0 Å². The standard InChI is InChI=1S/C16H26N4O2S.2ClH/c17-14(12-4-9-22-10-5-12)15(21)18-6-3-13-11-23-16(19-13)20-7-1-2-8-20;;/h11-12,14H,1-10,17H2,(H,18,21);2*1H. The normalized spacial score (nSPS) is 19.0. The smallest absolute Gasteiger partial charge is 0.237 e. The van der Waals surface area contributed by atoms with Gasteiger partial charge in [0.05, 0.1) is 11.7 Å². The molecular weight excluding hydrogens is 383 g/mol. The van der Waals surface area contributed by atoms with Crippen LogP contribution in [0.3, 0.4) is 0 Å². The number of amides is 1. The molecule has 0 aromatic carbocycles. The van der Waals surface area contributed by atoms with Gasteiger partial charge in [0.25, 0.3) is 0 Å². The average molecular weight is 411 g/mol. The van der Waals surface area contributed by atoms with Gasteiger partial charge in [-0.1, -0.05) is 0 Å². The van der Waals surface area contributed by atoms with Crippen LogP contribution in [0.25, 0.3) is 0 Å². The van der Waals surface area contributed by atoms with Crippen LogP contribution in [0.2, 0.25) is 0 Å². The molecule has 144 valence electrons. The molecule has 3 N–H and O–H groups in total. The molecule has 1 aromatic heterocycles. The summed E-state index contributed by atoms with van der Waals surface area (Å²) in [5, 5.41) is 6.16. The molecule has 3 heterocycles. The predicted octanol–water partition coefficient (Wildman–Crippen LogP) is 2.00. The Morgan fingerprint density at radius 1 is 1.36 bits per heavy atom. The Morgan fingerprint density at radius 2 is 2.04 bits per heavy atom. The maximum atomic E-state index is 12.1. The van der Waals surface area contributed by atoms with Crippen molar-refractivity contribution < 1.29 is 9.53 Å². The molecule has 0 saturated carbocycles. The molecule has 2 aliphatic rings. The lowest BCUT2D eigenvalue weighted by Gasteiger charge is -2.26. The molecule has 3 rings (SSSR count). The van der Waals surface area contributed by atoms with Crippen LogP contribution in [0, 0.1) is 5.92 Å². The first-order chi connectivity index (χ1) is 11.2. The Labute approximate surface area is 165 Å². The number of nitrogens with two attached hydrogens (primary N) is 1. The van der Waals surface area contributed by atoms with E-state index in [1.165, 1.54) is 12.8 Å². The first-order valence-electron chi connectivity index (χ1n) is 8.54. The second-order valence-corrected chi connectivity index (χ2v) is 7.17. The first-order valence-corrected chi connectivity index (χ1v) is 9.42. The van der Waals surface area contributed by atoms with Crippen molar-refractivity contribution in [1.82, 2.24) is 10.3 Å². The minimum Gasteiger partial charge on any atom is -0.381 e. The molecule has 25 heavy (non-hydrogen) atoms. The van der Waals surface area contributed by atoms with Crippen LogP contribution in [-0.2, 0) is 16.0 Å². The van der Waals surface area contributed by atoms with E-state index in [1.807, 2.05) is 0 Å². The summed E-state index contributed by atoms with van der Waals surface area (Å²) in [6.07, 6.45) is 5.03. The van der Waals surface area contributed by atoms with E-state index in [0.29, 0.717) is 19.8 Å². The lowest BCUT2D eigenvalue weighted by atomic mass is 9.92. The van der Waals surface area contributed by atoms with Gasteiger partial charge in [-0.05, 0) is 31.6 Å². The Bertz CT molecular complexity index is 520. The van der Waals surface area contributed by atoms with E-state index in [-0.39, 0.29) is 36.6 Å². The van der Waals surface area contributed by atoms with Gasteiger partial charge in [-0.25, -0.2) is 4.98 Å². The molecule has 1 aromatic rings. The number of thiazole rings is 1. The number of anilines is 1. The molecule has 0 aliphatic carbocycles. The zero-order chi connectivity index (χ0) is 16.1. The zero-order valence-electron chi connectivity index (χ0n) is 14.3. The lowest BCUT2D eigenvalue weighted by Crippen LogP contribution is -2.47. The SMILES string of the molecule is Cl.Cl.NC(C(=O)NCCc1csc(N2CCCC2)n1)C1CCOCC1. The van der Waals surface area contributed by atoms with Crippen molar-refractivity contribution in [3.8, 4) is 0 Å². The van der Waals surface area contributed by atoms with Crippen molar-refractivity contribution in [3.05, 3.63) is 11.1 Å². The van der Waals surface area contributed by atoms with E-state index in [9.17, 15) is 4.79 Å². The monoisotopic (exact) mass is 410 g/mol. The van der Waals surface area contributed by atoms with Crippen LogP contribution >= 0.6 is 36.2 Å². The molecule has 1 atom stereocenters. The minimum absolute atomic E-state index is 0. The van der Waals surface area contributed by atoms with Gasteiger partial charge in [0.1, 0.15) is 0 Å². The third kappa shape index (κ3) is 6.25. The zero-order valence-corrected chi connectivity index (χ0v) is 16.8. The fraction of sp³-hybridized carbons (Fsp3) is 0.750. The van der Waals surface area contributed by atoms with Gasteiger partial charge in [-0.3, -0.25) is 4.79 Å². The third-order valence-corrected chi connectivity index (χ3v) is 5.62. The van der Waals surface area contributed by atoms with Crippen LogP contribution in [0.5, 0.6) is 0 Å². The van der Waals surface area contributed by atoms with Crippen molar-refractivity contribution >= 4 is 47.2 Å². The van der Waals surface area contributed by atoms with E-state index in [2.05, 4.69) is 20.6 Å². The van der Waals surface area contributed by atoms with Gasteiger partial charge in [0.15, 0.2) is 5.13 Å². The predicted molar refractivity (Wildman–Crippen MR) is 106 cm³/mol. The summed E-state index contributed by atoms with van der Waals surface area (Å²) in [5.41, 5.74) is 7.12. The Hall–Kier alpha value is -0.600. The van der Waals surface area contributed by atoms with Crippen molar-refractivity contribution in [2.75, 3.05) is 37.7 Å². The summed E-state index contributed by atoms with van der Waals surface area (Å²) in [6, 6.07) is -0.422. The highest BCUT2D eigenvalue weighted by atomic mass is 35.5. The molecule has 0 spiro atoms. The maximum absolute atomic E-state index is 12.1. The average Bonchev–Trinajstić information content (AvgIpc) is 3.26. The largest absolute Gasteiger partial charge is 0.381 e. The number of nitrogens with zero attached hydrogens (tertiary/aromatic N) is 2. The summed E-state index contributed by atoms with van der Waals surface area (Å²) < 4.78 is 5.31. The molecular formula is C16H28Cl2N4O2S. The quantitative estimate of drug-likeness (QED) is 0.749. The van der Waals surface area contributed by atoms with Gasteiger partial charge in [-0.2, -0.15) is 0 Å². The molecule has 9 heteroatoms. The van der Waals surface area contributed by atoms with E-state index in [0.717, 1.165) is 43.2 Å². The van der Waals surface area contributed by atoms with Crippen molar-refractivity contribution in [3.63, 3.8) is 0 Å². The molecule has 2 saturated heterocycles. The Balaban J connectivity index is 0.00000156. The molecule has 2 fully saturated rings. The molecule has 6 nitrogen and oxygen atoms in total. The highest BCUT2D eigenvalue weighted by molar-refractivity contribution is 7.13. The summed E-state index contributed by atoms with van der Waals surface area (Å²) in [4.78, 5) is 19.2. The number of hydrogen-bond acceptors (Lipinski definition) is 6. The van der Waals surface area contributed by atoms with Crippen LogP contribution in [0.4, 0.5) is 5.13 Å². The summed E-state index contributed by atoms with van der Waals surface area (Å²) >= 11 is 1.70. The van der Waals surface area contributed by atoms with Crippen molar-refractivity contribution in [2.24, 2.45) is 11.7 Å². The summed E-state index contributed by atoms with van der Waals surface area (Å²) in [6.45, 7) is 4.25. The first kappa shape index (κ1) is 22.4. The number of aromatic nitrogens is 1. The number of rotatable bonds is 6. The second kappa shape index (κ2) is 11.2. The number of hydrogen-bond donors (Lipinski definition) is 2. The second-order valence-electron chi connectivity index (χ2n) is 6.33. The molecule has 1 amide bonds. The fourth-order valence-electron chi connectivity index (χ4n) is 3.19.